The summed E-state index contributed by atoms with van der Waals surface area (Å²) in [5.74, 6) is 0.934. The Morgan fingerprint density at radius 2 is 1.74 bits per heavy atom. The molecular weight excluding hydrogens is 403 g/mol. The molecule has 0 atom stereocenters. The van der Waals surface area contributed by atoms with E-state index in [0.29, 0.717) is 18.2 Å². The van der Waals surface area contributed by atoms with Gasteiger partial charge in [0.2, 0.25) is 0 Å². The van der Waals surface area contributed by atoms with Crippen LogP contribution in [0.5, 0.6) is 5.75 Å². The van der Waals surface area contributed by atoms with E-state index in [9.17, 15) is 13.2 Å². The number of benzene rings is 1. The molecule has 164 valence electrons. The van der Waals surface area contributed by atoms with Crippen LogP contribution in [0.15, 0.2) is 42.6 Å². The summed E-state index contributed by atoms with van der Waals surface area (Å²) < 4.78 is 49.7. The van der Waals surface area contributed by atoms with E-state index in [1.165, 1.54) is 10.5 Å². The van der Waals surface area contributed by atoms with Gasteiger partial charge in [-0.2, -0.15) is 13.2 Å². The number of nitrogens with zero attached hydrogens (tertiary/aromatic N) is 3. The minimum Gasteiger partial charge on any atom is -0.492 e. The van der Waals surface area contributed by atoms with Crippen LogP contribution in [0.2, 0.25) is 0 Å². The zero-order valence-electron chi connectivity index (χ0n) is 17.4. The summed E-state index contributed by atoms with van der Waals surface area (Å²) >= 11 is 0. The lowest BCUT2D eigenvalue weighted by atomic mass is 9.70. The highest BCUT2D eigenvalue weighted by Gasteiger charge is 2.40. The molecule has 2 aliphatic carbocycles. The Morgan fingerprint density at radius 1 is 1.00 bits per heavy atom. The normalized spacial score (nSPS) is 18.9. The molecule has 0 unspecified atom stereocenters. The molecule has 0 N–H and O–H groups in total. The molecule has 3 aromatic rings. The molecule has 0 radical (unpaired) electrons. The third kappa shape index (κ3) is 4.02. The summed E-state index contributed by atoms with van der Waals surface area (Å²) in [5.41, 5.74) is -0.126. The Labute approximate surface area is 179 Å². The average molecular weight is 429 g/mol. The maximum absolute atomic E-state index is 14.1. The van der Waals surface area contributed by atoms with Crippen molar-refractivity contribution in [3.8, 4) is 5.75 Å². The number of hydrogen-bond acceptors (Lipinski definition) is 3. The molecule has 0 aliphatic heterocycles. The highest BCUT2D eigenvalue weighted by Crippen LogP contribution is 2.43. The first-order valence-electron chi connectivity index (χ1n) is 11.1. The van der Waals surface area contributed by atoms with Crippen LogP contribution >= 0.6 is 0 Å². The van der Waals surface area contributed by atoms with Gasteiger partial charge in [-0.25, -0.2) is 0 Å². The van der Waals surface area contributed by atoms with Crippen LogP contribution in [-0.2, 0) is 18.0 Å². The van der Waals surface area contributed by atoms with Crippen LogP contribution in [0, 0.1) is 5.92 Å². The fourth-order valence-electron chi connectivity index (χ4n) is 4.85. The van der Waals surface area contributed by atoms with Crippen molar-refractivity contribution in [3.63, 3.8) is 0 Å². The average Bonchev–Trinajstić information content (AvgIpc) is 3.51. The molecular formula is C24H26F3N3O. The van der Waals surface area contributed by atoms with E-state index in [0.717, 1.165) is 50.5 Å². The van der Waals surface area contributed by atoms with Crippen LogP contribution in [0.4, 0.5) is 13.2 Å². The van der Waals surface area contributed by atoms with Crippen molar-refractivity contribution < 1.29 is 17.9 Å². The first kappa shape index (κ1) is 20.3. The highest BCUT2D eigenvalue weighted by molar-refractivity contribution is 5.57. The summed E-state index contributed by atoms with van der Waals surface area (Å²) in [6.07, 6.45) is 4.99. The lowest BCUT2D eigenvalue weighted by Crippen LogP contribution is -2.36. The van der Waals surface area contributed by atoms with E-state index in [2.05, 4.69) is 22.3 Å². The number of pyridine rings is 1. The lowest BCUT2D eigenvalue weighted by Gasteiger charge is -2.37. The van der Waals surface area contributed by atoms with Gasteiger partial charge in [0.1, 0.15) is 17.1 Å². The van der Waals surface area contributed by atoms with Crippen molar-refractivity contribution in [1.29, 1.82) is 0 Å². The van der Waals surface area contributed by atoms with E-state index in [1.807, 2.05) is 18.2 Å². The van der Waals surface area contributed by atoms with Crippen molar-refractivity contribution in [1.82, 2.24) is 14.6 Å². The number of hydrogen-bond donors (Lipinski definition) is 0. The molecule has 5 rings (SSSR count). The van der Waals surface area contributed by atoms with Gasteiger partial charge in [0.15, 0.2) is 5.65 Å². The molecule has 0 bridgehead atoms. The first-order chi connectivity index (χ1) is 15.0. The van der Waals surface area contributed by atoms with E-state index < -0.39 is 11.7 Å². The van der Waals surface area contributed by atoms with Gasteiger partial charge >= 0.3 is 6.18 Å². The molecule has 0 amide bonds. The molecule has 1 aromatic carbocycles. The zero-order chi connectivity index (χ0) is 21.5. The predicted molar refractivity (Wildman–Crippen MR) is 111 cm³/mol. The third-order valence-corrected chi connectivity index (χ3v) is 6.76. The fraction of sp³-hybridized carbons (Fsp3) is 0.500. The SMILES string of the molecule is FC(F)(F)c1c(OCC2(c3ccccc3)CCCCC2)ccn2c(CC3CC3)nnc12. The van der Waals surface area contributed by atoms with Gasteiger partial charge in [0.25, 0.3) is 0 Å². The molecule has 2 aromatic heterocycles. The van der Waals surface area contributed by atoms with E-state index >= 15 is 0 Å². The number of ether oxygens (including phenoxy) is 1. The van der Waals surface area contributed by atoms with Crippen molar-refractivity contribution >= 4 is 5.65 Å². The number of aromatic nitrogens is 3. The van der Waals surface area contributed by atoms with Gasteiger partial charge < -0.3 is 4.74 Å². The monoisotopic (exact) mass is 429 g/mol. The van der Waals surface area contributed by atoms with E-state index in [-0.39, 0.29) is 23.4 Å². The molecule has 2 aliphatic rings. The van der Waals surface area contributed by atoms with Crippen molar-refractivity contribution in [2.45, 2.75) is 63.0 Å². The molecule has 2 heterocycles. The van der Waals surface area contributed by atoms with Crippen LogP contribution in [0.1, 0.15) is 61.9 Å². The van der Waals surface area contributed by atoms with Gasteiger partial charge in [-0.05, 0) is 43.2 Å². The van der Waals surface area contributed by atoms with Gasteiger partial charge in [-0.1, -0.05) is 49.6 Å². The summed E-state index contributed by atoms with van der Waals surface area (Å²) in [5, 5.41) is 7.97. The quantitative estimate of drug-likeness (QED) is 0.484. The molecule has 31 heavy (non-hydrogen) atoms. The Hall–Kier alpha value is -2.57. The zero-order valence-corrected chi connectivity index (χ0v) is 17.4. The van der Waals surface area contributed by atoms with Crippen LogP contribution < -0.4 is 4.74 Å². The van der Waals surface area contributed by atoms with Gasteiger partial charge in [0, 0.05) is 18.0 Å². The lowest BCUT2D eigenvalue weighted by molar-refractivity contribution is -0.138. The Kier molecular flexibility index (Phi) is 5.15. The summed E-state index contributed by atoms with van der Waals surface area (Å²) in [6, 6.07) is 11.5. The van der Waals surface area contributed by atoms with Gasteiger partial charge in [0.05, 0.1) is 6.61 Å². The third-order valence-electron chi connectivity index (χ3n) is 6.76. The second-order valence-electron chi connectivity index (χ2n) is 9.01. The van der Waals surface area contributed by atoms with E-state index in [4.69, 9.17) is 4.74 Å². The maximum Gasteiger partial charge on any atom is 0.423 e. The Bertz CT molecular complexity index is 1050. The van der Waals surface area contributed by atoms with Crippen LogP contribution in [-0.4, -0.2) is 21.2 Å². The molecule has 2 saturated carbocycles. The molecule has 0 spiro atoms. The number of fused-ring (bicyclic) bond motifs is 1. The fourth-order valence-corrected chi connectivity index (χ4v) is 4.85. The van der Waals surface area contributed by atoms with Crippen molar-refractivity contribution in [3.05, 3.63) is 59.5 Å². The molecule has 0 saturated heterocycles. The van der Waals surface area contributed by atoms with E-state index in [1.54, 1.807) is 6.20 Å². The minimum atomic E-state index is -4.58. The van der Waals surface area contributed by atoms with Crippen molar-refractivity contribution in [2.75, 3.05) is 6.61 Å². The smallest absolute Gasteiger partial charge is 0.423 e. The first-order valence-corrected chi connectivity index (χ1v) is 11.1. The molecule has 4 nitrogen and oxygen atoms in total. The topological polar surface area (TPSA) is 39.4 Å². The maximum atomic E-state index is 14.1. The second kappa shape index (κ2) is 7.84. The Balaban J connectivity index is 1.49. The number of alkyl halides is 3. The Morgan fingerprint density at radius 3 is 2.42 bits per heavy atom. The van der Waals surface area contributed by atoms with Gasteiger partial charge in [-0.15, -0.1) is 10.2 Å². The molecule has 7 heteroatoms. The van der Waals surface area contributed by atoms with Crippen molar-refractivity contribution in [2.24, 2.45) is 5.92 Å². The number of rotatable bonds is 6. The van der Waals surface area contributed by atoms with Crippen LogP contribution in [0.3, 0.4) is 0 Å². The predicted octanol–water partition coefficient (Wildman–Crippen LogP) is 5.98. The minimum absolute atomic E-state index is 0.161. The standard InChI is InChI=1S/C24H26F3N3O/c25-24(26,27)21-19(11-14-30-20(15-17-9-10-17)28-29-22(21)30)31-16-23(12-5-2-6-13-23)18-7-3-1-4-8-18/h1,3-4,7-8,11,14,17H,2,5-6,9-10,12-13,15-16H2. The molecule has 2 fully saturated rings. The van der Waals surface area contributed by atoms with Crippen LogP contribution in [0.25, 0.3) is 5.65 Å². The highest BCUT2D eigenvalue weighted by atomic mass is 19.4. The second-order valence-corrected chi connectivity index (χ2v) is 9.01. The number of halogens is 3. The largest absolute Gasteiger partial charge is 0.492 e. The summed E-state index contributed by atoms with van der Waals surface area (Å²) in [4.78, 5) is 0. The summed E-state index contributed by atoms with van der Waals surface area (Å²) in [7, 11) is 0. The van der Waals surface area contributed by atoms with Gasteiger partial charge in [-0.3, -0.25) is 4.40 Å². The summed E-state index contributed by atoms with van der Waals surface area (Å²) in [6.45, 7) is 0.222.